The molecule has 0 saturated carbocycles. The Balaban J connectivity index is 2.29. The van der Waals surface area contributed by atoms with Crippen LogP contribution in [0.4, 0.5) is 36.4 Å². The van der Waals surface area contributed by atoms with Gasteiger partial charge in [-0.15, -0.1) is 13.2 Å². The summed E-state index contributed by atoms with van der Waals surface area (Å²) in [6.07, 6.45) is -4.80. The first kappa shape index (κ1) is 14.7. The minimum atomic E-state index is -4.80. The zero-order chi connectivity index (χ0) is 15.5. The van der Waals surface area contributed by atoms with Crippen LogP contribution in [0, 0.1) is 0 Å². The highest BCUT2D eigenvalue weighted by Gasteiger charge is 2.32. The summed E-state index contributed by atoms with van der Waals surface area (Å²) in [7, 11) is 0. The predicted octanol–water partition coefficient (Wildman–Crippen LogP) is 1.99. The Morgan fingerprint density at radius 2 is 1.76 bits per heavy atom. The number of nitrogens with zero attached hydrogens (tertiary/aromatic N) is 2. The van der Waals surface area contributed by atoms with Crippen LogP contribution in [0.3, 0.4) is 0 Å². The van der Waals surface area contributed by atoms with Gasteiger partial charge in [0.2, 0.25) is 5.95 Å². The summed E-state index contributed by atoms with van der Waals surface area (Å²) in [5.74, 6) is 5.07. The molecule has 7 nitrogen and oxygen atoms in total. The number of nitrogens with one attached hydrogen (secondary N) is 2. The molecule has 10 heteroatoms. The molecule has 6 N–H and O–H groups in total. The molecule has 0 fully saturated rings. The van der Waals surface area contributed by atoms with Gasteiger partial charge in [-0.2, -0.15) is 9.97 Å². The van der Waals surface area contributed by atoms with Crippen molar-refractivity contribution in [2.45, 2.75) is 6.36 Å². The van der Waals surface area contributed by atoms with Crippen molar-refractivity contribution in [3.05, 3.63) is 30.3 Å². The van der Waals surface area contributed by atoms with Crippen molar-refractivity contribution in [1.29, 1.82) is 0 Å². The molecular formula is C11H11F3N6O. The Morgan fingerprint density at radius 3 is 2.43 bits per heavy atom. The average Bonchev–Trinajstić information content (AvgIpc) is 2.38. The fourth-order valence-corrected chi connectivity index (χ4v) is 1.53. The second kappa shape index (κ2) is 5.71. The summed E-state index contributed by atoms with van der Waals surface area (Å²) in [6, 6.07) is 6.89. The third-order valence-corrected chi connectivity index (χ3v) is 2.27. The molecule has 1 heterocycles. The van der Waals surface area contributed by atoms with Crippen molar-refractivity contribution in [2.75, 3.05) is 16.5 Å². The highest BCUT2D eigenvalue weighted by molar-refractivity contribution is 5.66. The quantitative estimate of drug-likeness (QED) is 0.504. The van der Waals surface area contributed by atoms with Crippen LogP contribution in [0.25, 0.3) is 0 Å². The molecule has 0 spiro atoms. The number of anilines is 4. The van der Waals surface area contributed by atoms with Crippen molar-refractivity contribution in [3.63, 3.8) is 0 Å². The molecule has 21 heavy (non-hydrogen) atoms. The number of benzene rings is 1. The maximum absolute atomic E-state index is 12.3. The number of hydrogen-bond acceptors (Lipinski definition) is 7. The van der Waals surface area contributed by atoms with Crippen LogP contribution in [0.1, 0.15) is 0 Å². The number of nitrogens with two attached hydrogens (primary N) is 2. The van der Waals surface area contributed by atoms with Gasteiger partial charge in [0.1, 0.15) is 11.6 Å². The van der Waals surface area contributed by atoms with Gasteiger partial charge >= 0.3 is 6.36 Å². The number of alkyl halides is 3. The van der Waals surface area contributed by atoms with Gasteiger partial charge in [0.15, 0.2) is 5.75 Å². The Hall–Kier alpha value is -2.75. The topological polar surface area (TPSA) is 111 Å². The predicted molar refractivity (Wildman–Crippen MR) is 70.7 cm³/mol. The minimum Gasteiger partial charge on any atom is -0.404 e. The van der Waals surface area contributed by atoms with E-state index in [2.05, 4.69) is 25.4 Å². The highest BCUT2D eigenvalue weighted by Crippen LogP contribution is 2.31. The molecule has 0 aliphatic carbocycles. The maximum Gasteiger partial charge on any atom is 0.573 e. The van der Waals surface area contributed by atoms with E-state index in [0.29, 0.717) is 0 Å². The van der Waals surface area contributed by atoms with E-state index in [0.717, 1.165) is 0 Å². The minimum absolute atomic E-state index is 0.0656. The summed E-state index contributed by atoms with van der Waals surface area (Å²) in [4.78, 5) is 7.59. The van der Waals surface area contributed by atoms with E-state index in [9.17, 15) is 13.2 Å². The Kier molecular flexibility index (Phi) is 3.98. The smallest absolute Gasteiger partial charge is 0.404 e. The second-order valence-electron chi connectivity index (χ2n) is 3.81. The van der Waals surface area contributed by atoms with Crippen LogP contribution in [-0.4, -0.2) is 16.3 Å². The van der Waals surface area contributed by atoms with Gasteiger partial charge in [0.05, 0.1) is 5.69 Å². The van der Waals surface area contributed by atoms with E-state index in [1.807, 2.05) is 0 Å². The molecule has 0 saturated heterocycles. The van der Waals surface area contributed by atoms with Crippen molar-refractivity contribution >= 4 is 23.3 Å². The highest BCUT2D eigenvalue weighted by atomic mass is 19.4. The summed E-state index contributed by atoms with van der Waals surface area (Å²) >= 11 is 0. The lowest BCUT2D eigenvalue weighted by molar-refractivity contribution is -0.274. The lowest BCUT2D eigenvalue weighted by Gasteiger charge is -2.14. The van der Waals surface area contributed by atoms with Gasteiger partial charge in [-0.3, -0.25) is 0 Å². The van der Waals surface area contributed by atoms with Gasteiger partial charge in [0, 0.05) is 6.07 Å². The molecule has 0 aliphatic heterocycles. The van der Waals surface area contributed by atoms with Crippen molar-refractivity contribution in [1.82, 2.24) is 9.97 Å². The number of para-hydroxylation sites is 2. The standard InChI is InChI=1S/C11H11F3N6O/c12-11(13,14)21-7-4-2-1-3-6(7)17-8-5-9(20-16)19-10(15)18-8/h1-5H,16H2,(H4,15,17,18,19,20). The van der Waals surface area contributed by atoms with Crippen molar-refractivity contribution in [3.8, 4) is 5.75 Å². The van der Waals surface area contributed by atoms with E-state index in [1.54, 1.807) is 0 Å². The molecule has 1 aromatic heterocycles. The molecule has 112 valence electrons. The van der Waals surface area contributed by atoms with Crippen LogP contribution in [0.2, 0.25) is 0 Å². The average molecular weight is 300 g/mol. The Morgan fingerprint density at radius 1 is 1.10 bits per heavy atom. The van der Waals surface area contributed by atoms with E-state index in [-0.39, 0.29) is 23.3 Å². The molecule has 0 radical (unpaired) electrons. The van der Waals surface area contributed by atoms with Gasteiger partial charge in [-0.05, 0) is 12.1 Å². The van der Waals surface area contributed by atoms with Crippen molar-refractivity contribution < 1.29 is 17.9 Å². The van der Waals surface area contributed by atoms with Gasteiger partial charge in [-0.1, -0.05) is 12.1 Å². The number of hydrazine groups is 1. The van der Waals surface area contributed by atoms with Gasteiger partial charge in [0.25, 0.3) is 0 Å². The third-order valence-electron chi connectivity index (χ3n) is 2.27. The number of rotatable bonds is 4. The number of aromatic nitrogens is 2. The molecule has 1 aromatic carbocycles. The molecule has 0 bridgehead atoms. The zero-order valence-electron chi connectivity index (χ0n) is 10.5. The van der Waals surface area contributed by atoms with Crippen LogP contribution in [0.15, 0.2) is 30.3 Å². The summed E-state index contributed by atoms with van der Waals surface area (Å²) in [5.41, 5.74) is 7.79. The summed E-state index contributed by atoms with van der Waals surface area (Å²) in [5, 5.41) is 2.66. The first-order valence-corrected chi connectivity index (χ1v) is 5.60. The number of hydrogen-bond donors (Lipinski definition) is 4. The molecule has 0 atom stereocenters. The van der Waals surface area contributed by atoms with Crippen LogP contribution < -0.4 is 27.1 Å². The van der Waals surface area contributed by atoms with Gasteiger partial charge < -0.3 is 21.2 Å². The van der Waals surface area contributed by atoms with E-state index in [1.165, 1.54) is 30.3 Å². The monoisotopic (exact) mass is 300 g/mol. The number of nitrogen functional groups attached to an aromatic ring is 2. The molecule has 0 unspecified atom stereocenters. The third kappa shape index (κ3) is 4.11. The molecule has 0 amide bonds. The summed E-state index contributed by atoms with van der Waals surface area (Å²) < 4.78 is 40.9. The van der Waals surface area contributed by atoms with E-state index >= 15 is 0 Å². The van der Waals surface area contributed by atoms with Crippen LogP contribution in [-0.2, 0) is 0 Å². The second-order valence-corrected chi connectivity index (χ2v) is 3.81. The Labute approximate surface area is 117 Å². The normalized spacial score (nSPS) is 11.0. The summed E-state index contributed by atoms with van der Waals surface area (Å²) in [6.45, 7) is 0. The fraction of sp³-hybridized carbons (Fsp3) is 0.0909. The largest absolute Gasteiger partial charge is 0.573 e. The Bertz CT molecular complexity index is 634. The lowest BCUT2D eigenvalue weighted by Crippen LogP contribution is -2.18. The molecule has 2 rings (SSSR count). The first-order valence-electron chi connectivity index (χ1n) is 5.60. The zero-order valence-corrected chi connectivity index (χ0v) is 10.5. The van der Waals surface area contributed by atoms with Gasteiger partial charge in [-0.25, -0.2) is 5.84 Å². The van der Waals surface area contributed by atoms with Crippen molar-refractivity contribution in [2.24, 2.45) is 5.84 Å². The molecule has 0 aliphatic rings. The van der Waals surface area contributed by atoms with E-state index in [4.69, 9.17) is 11.6 Å². The lowest BCUT2D eigenvalue weighted by atomic mass is 10.3. The van der Waals surface area contributed by atoms with Crippen LogP contribution >= 0.6 is 0 Å². The maximum atomic E-state index is 12.3. The van der Waals surface area contributed by atoms with Crippen LogP contribution in [0.5, 0.6) is 5.75 Å². The fourth-order valence-electron chi connectivity index (χ4n) is 1.53. The molecular weight excluding hydrogens is 289 g/mol. The number of halogens is 3. The number of ether oxygens (including phenoxy) is 1. The molecule has 2 aromatic rings. The SMILES string of the molecule is NNc1cc(Nc2ccccc2OC(F)(F)F)nc(N)n1. The van der Waals surface area contributed by atoms with E-state index < -0.39 is 12.1 Å². The first-order chi connectivity index (χ1) is 9.87.